The molecule has 0 saturated carbocycles. The number of carbonyl (C=O) groups is 1. The molecule has 0 aliphatic carbocycles. The van der Waals surface area contributed by atoms with Crippen molar-refractivity contribution in [2.24, 2.45) is 0 Å². The third-order valence-electron chi connectivity index (χ3n) is 3.94. The van der Waals surface area contributed by atoms with Gasteiger partial charge in [0.1, 0.15) is 11.1 Å². The molecule has 7 nitrogen and oxygen atoms in total. The zero-order valence-corrected chi connectivity index (χ0v) is 13.8. The number of carbonyl (C=O) groups excluding carboxylic acids is 1. The van der Waals surface area contributed by atoms with Crippen molar-refractivity contribution in [1.82, 2.24) is 5.32 Å². The molecule has 1 heterocycles. The van der Waals surface area contributed by atoms with E-state index in [4.69, 9.17) is 4.42 Å². The smallest absolute Gasteiger partial charge is 0.349 e. The molecule has 0 atom stereocenters. The Bertz CT molecular complexity index is 1010. The Kier molecular flexibility index (Phi) is 5.07. The van der Waals surface area contributed by atoms with Crippen molar-refractivity contribution in [3.05, 3.63) is 86.3 Å². The first kappa shape index (κ1) is 17.3. The Hall–Kier alpha value is -3.48. The third kappa shape index (κ3) is 3.94. The lowest BCUT2D eigenvalue weighted by molar-refractivity contribution is -0.384. The van der Waals surface area contributed by atoms with E-state index >= 15 is 0 Å². The first-order chi connectivity index (χ1) is 12.5. The minimum Gasteiger partial charge on any atom is -0.422 e. The molecule has 26 heavy (non-hydrogen) atoms. The molecular formula is C19H16N2O5. The van der Waals surface area contributed by atoms with Gasteiger partial charge in [-0.15, -0.1) is 0 Å². The van der Waals surface area contributed by atoms with E-state index in [0.717, 1.165) is 12.8 Å². The lowest BCUT2D eigenvalue weighted by atomic mass is 10.1. The van der Waals surface area contributed by atoms with Crippen molar-refractivity contribution in [2.75, 3.05) is 6.54 Å². The molecule has 1 N–H and O–H groups in total. The molecule has 0 fully saturated rings. The van der Waals surface area contributed by atoms with Crippen LogP contribution in [0.4, 0.5) is 5.69 Å². The van der Waals surface area contributed by atoms with Crippen LogP contribution in [0.15, 0.2) is 63.8 Å². The molecule has 0 bridgehead atoms. The third-order valence-corrected chi connectivity index (χ3v) is 3.94. The summed E-state index contributed by atoms with van der Waals surface area (Å²) in [5, 5.41) is 13.9. The summed E-state index contributed by atoms with van der Waals surface area (Å²) in [5.74, 6) is -0.555. The molecule has 0 unspecified atom stereocenters. The molecule has 132 valence electrons. The number of aryl methyl sites for hydroxylation is 1. The van der Waals surface area contributed by atoms with E-state index in [1.165, 1.54) is 29.8 Å². The Balaban J connectivity index is 1.70. The van der Waals surface area contributed by atoms with Gasteiger partial charge in [0, 0.05) is 24.1 Å². The number of nitrogens with zero attached hydrogens (tertiary/aromatic N) is 1. The second-order valence-corrected chi connectivity index (χ2v) is 5.77. The van der Waals surface area contributed by atoms with E-state index in [1.54, 1.807) is 0 Å². The number of benzene rings is 2. The highest BCUT2D eigenvalue weighted by molar-refractivity contribution is 5.96. The number of hydrogen-bond acceptors (Lipinski definition) is 5. The average molecular weight is 352 g/mol. The minimum absolute atomic E-state index is 0.138. The summed E-state index contributed by atoms with van der Waals surface area (Å²) in [6.07, 6.45) is 1.53. The summed E-state index contributed by atoms with van der Waals surface area (Å²) in [6.45, 7) is 0.403. The summed E-state index contributed by atoms with van der Waals surface area (Å²) >= 11 is 0. The number of non-ortho nitro benzene ring substituents is 1. The van der Waals surface area contributed by atoms with Gasteiger partial charge in [0.25, 0.3) is 11.6 Å². The maximum Gasteiger partial charge on any atom is 0.349 e. The number of fused-ring (bicyclic) bond motifs is 1. The quantitative estimate of drug-likeness (QED) is 0.318. The molecule has 2 aromatic carbocycles. The van der Waals surface area contributed by atoms with Gasteiger partial charge in [-0.25, -0.2) is 4.79 Å². The van der Waals surface area contributed by atoms with Gasteiger partial charge >= 0.3 is 5.63 Å². The molecule has 1 aromatic heterocycles. The predicted octanol–water partition coefficient (Wildman–Crippen LogP) is 3.06. The zero-order valence-electron chi connectivity index (χ0n) is 13.8. The molecule has 0 saturated heterocycles. The summed E-state index contributed by atoms with van der Waals surface area (Å²) in [6, 6.07) is 15.0. The van der Waals surface area contributed by atoms with Crippen LogP contribution in [0.25, 0.3) is 11.0 Å². The van der Waals surface area contributed by atoms with Crippen LogP contribution in [0.2, 0.25) is 0 Å². The number of nitro groups is 1. The van der Waals surface area contributed by atoms with Gasteiger partial charge in [0.15, 0.2) is 0 Å². The lowest BCUT2D eigenvalue weighted by Gasteiger charge is -2.05. The fourth-order valence-corrected chi connectivity index (χ4v) is 2.62. The Morgan fingerprint density at radius 3 is 2.62 bits per heavy atom. The summed E-state index contributed by atoms with van der Waals surface area (Å²) in [4.78, 5) is 34.5. The maximum atomic E-state index is 12.2. The Morgan fingerprint density at radius 2 is 1.88 bits per heavy atom. The van der Waals surface area contributed by atoms with Crippen LogP contribution < -0.4 is 10.9 Å². The zero-order chi connectivity index (χ0) is 18.5. The molecule has 0 aliphatic heterocycles. The van der Waals surface area contributed by atoms with Crippen molar-refractivity contribution in [1.29, 1.82) is 0 Å². The number of nitro benzene ring substituents is 1. The van der Waals surface area contributed by atoms with Crippen LogP contribution in [0.3, 0.4) is 0 Å². The second kappa shape index (κ2) is 7.60. The summed E-state index contributed by atoms with van der Waals surface area (Å²) in [7, 11) is 0. The van der Waals surface area contributed by atoms with Crippen molar-refractivity contribution < 1.29 is 14.1 Å². The highest BCUT2D eigenvalue weighted by atomic mass is 16.6. The SMILES string of the molecule is O=C(NCCCc1ccccc1)c1cc2cc([N+](=O)[O-])ccc2oc1=O. The first-order valence-electron chi connectivity index (χ1n) is 8.09. The number of hydrogen-bond donors (Lipinski definition) is 1. The van der Waals surface area contributed by atoms with Gasteiger partial charge in [0.2, 0.25) is 0 Å². The van der Waals surface area contributed by atoms with Crippen LogP contribution in [0.1, 0.15) is 22.3 Å². The maximum absolute atomic E-state index is 12.2. The Morgan fingerprint density at radius 1 is 1.12 bits per heavy atom. The largest absolute Gasteiger partial charge is 0.422 e. The van der Waals surface area contributed by atoms with Gasteiger partial charge in [-0.1, -0.05) is 30.3 Å². The van der Waals surface area contributed by atoms with Crippen molar-refractivity contribution in [3.63, 3.8) is 0 Å². The van der Waals surface area contributed by atoms with Crippen LogP contribution >= 0.6 is 0 Å². The standard InChI is InChI=1S/C19H16N2O5/c22-18(20-10-4-7-13-5-2-1-3-6-13)16-12-14-11-15(21(24)25)8-9-17(14)26-19(16)23/h1-3,5-6,8-9,11-12H,4,7,10H2,(H,20,22). The highest BCUT2D eigenvalue weighted by Crippen LogP contribution is 2.20. The van der Waals surface area contributed by atoms with Crippen molar-refractivity contribution >= 4 is 22.6 Å². The van der Waals surface area contributed by atoms with Gasteiger partial charge in [-0.3, -0.25) is 14.9 Å². The summed E-state index contributed by atoms with van der Waals surface area (Å²) in [5.41, 5.74) is 0.283. The van der Waals surface area contributed by atoms with E-state index in [-0.39, 0.29) is 16.8 Å². The van der Waals surface area contributed by atoms with Crippen molar-refractivity contribution in [2.45, 2.75) is 12.8 Å². The highest BCUT2D eigenvalue weighted by Gasteiger charge is 2.15. The fourth-order valence-electron chi connectivity index (χ4n) is 2.62. The van der Waals surface area contributed by atoms with Crippen LogP contribution in [-0.4, -0.2) is 17.4 Å². The van der Waals surface area contributed by atoms with Crippen LogP contribution in [0, 0.1) is 10.1 Å². The van der Waals surface area contributed by atoms with E-state index in [2.05, 4.69) is 5.32 Å². The first-order valence-corrected chi connectivity index (χ1v) is 8.09. The number of nitrogens with one attached hydrogen (secondary N) is 1. The molecular weight excluding hydrogens is 336 g/mol. The molecule has 0 radical (unpaired) electrons. The topological polar surface area (TPSA) is 102 Å². The summed E-state index contributed by atoms with van der Waals surface area (Å²) < 4.78 is 5.09. The van der Waals surface area contributed by atoms with Gasteiger partial charge in [0.05, 0.1) is 4.92 Å². The van der Waals surface area contributed by atoms with Gasteiger partial charge in [-0.2, -0.15) is 0 Å². The van der Waals surface area contributed by atoms with E-state index in [9.17, 15) is 19.7 Å². The molecule has 3 aromatic rings. The molecule has 7 heteroatoms. The van der Waals surface area contributed by atoms with Gasteiger partial charge < -0.3 is 9.73 Å². The molecule has 0 aliphatic rings. The van der Waals surface area contributed by atoms with E-state index in [1.807, 2.05) is 30.3 Å². The fraction of sp³-hybridized carbons (Fsp3) is 0.158. The van der Waals surface area contributed by atoms with Crippen LogP contribution in [-0.2, 0) is 6.42 Å². The van der Waals surface area contributed by atoms with Gasteiger partial charge in [-0.05, 0) is 30.5 Å². The minimum atomic E-state index is -0.771. The monoisotopic (exact) mass is 352 g/mol. The lowest BCUT2D eigenvalue weighted by Crippen LogP contribution is -2.29. The van der Waals surface area contributed by atoms with E-state index in [0.29, 0.717) is 11.9 Å². The number of rotatable bonds is 6. The molecule has 0 spiro atoms. The predicted molar refractivity (Wildman–Crippen MR) is 96.2 cm³/mol. The normalized spacial score (nSPS) is 10.6. The Labute approximate surface area is 148 Å². The second-order valence-electron chi connectivity index (χ2n) is 5.77. The molecule has 3 rings (SSSR count). The number of amides is 1. The average Bonchev–Trinajstić information content (AvgIpc) is 2.65. The van der Waals surface area contributed by atoms with Crippen molar-refractivity contribution in [3.8, 4) is 0 Å². The van der Waals surface area contributed by atoms with Crippen LogP contribution in [0.5, 0.6) is 0 Å². The van der Waals surface area contributed by atoms with E-state index < -0.39 is 16.5 Å². The molecule has 1 amide bonds.